The minimum atomic E-state index is -0.489. The van der Waals surface area contributed by atoms with E-state index in [1.54, 1.807) is 0 Å². The first kappa shape index (κ1) is 20.9. The number of aromatic nitrogens is 2. The number of piperazine rings is 1. The Kier molecular flexibility index (Phi) is 6.95. The summed E-state index contributed by atoms with van der Waals surface area (Å²) in [5.74, 6) is 0.985. The summed E-state index contributed by atoms with van der Waals surface area (Å²) in [7, 11) is 1.48. The number of carbonyl (C=O) groups excluding carboxylic acids is 2. The third kappa shape index (κ3) is 5.39. The molecule has 1 aliphatic rings. The lowest BCUT2D eigenvalue weighted by atomic mass is 10.1. The van der Waals surface area contributed by atoms with Gasteiger partial charge in [0.1, 0.15) is 0 Å². The number of nitrogens with zero attached hydrogens (tertiary/aromatic N) is 4. The highest BCUT2D eigenvalue weighted by atomic mass is 16.5. The molecule has 3 rings (SSSR count). The van der Waals surface area contributed by atoms with Crippen LogP contribution in [0.15, 0.2) is 34.9 Å². The van der Waals surface area contributed by atoms with E-state index in [-0.39, 0.29) is 18.0 Å². The number of hydrogen-bond donors (Lipinski definition) is 2. The van der Waals surface area contributed by atoms with Gasteiger partial charge in [-0.15, -0.1) is 0 Å². The number of rotatable bonds is 6. The predicted octanol–water partition coefficient (Wildman–Crippen LogP) is 1.18. The van der Waals surface area contributed by atoms with Crippen LogP contribution in [-0.2, 0) is 11.2 Å². The van der Waals surface area contributed by atoms with E-state index in [2.05, 4.69) is 37.5 Å². The van der Waals surface area contributed by atoms with Gasteiger partial charge in [0, 0.05) is 39.6 Å². The maximum atomic E-state index is 12.1. The molecule has 0 unspecified atom stereocenters. The molecule has 1 aliphatic heterocycles. The summed E-state index contributed by atoms with van der Waals surface area (Å²) in [6.45, 7) is 6.85. The van der Waals surface area contributed by atoms with Crippen molar-refractivity contribution in [2.75, 3.05) is 33.2 Å². The van der Waals surface area contributed by atoms with E-state index in [1.165, 1.54) is 7.05 Å². The molecule has 0 aliphatic carbocycles. The Morgan fingerprint density at radius 2 is 1.76 bits per heavy atom. The second-order valence-electron chi connectivity index (χ2n) is 7.20. The number of amides is 3. The second kappa shape index (κ2) is 9.62. The van der Waals surface area contributed by atoms with Crippen molar-refractivity contribution in [3.8, 4) is 0 Å². The summed E-state index contributed by atoms with van der Waals surface area (Å²) in [4.78, 5) is 32.4. The molecule has 1 aromatic carbocycles. The Bertz CT molecular complexity index is 817. The highest BCUT2D eigenvalue weighted by molar-refractivity contribution is 5.96. The first-order valence-corrected chi connectivity index (χ1v) is 9.85. The molecule has 1 saturated heterocycles. The zero-order valence-electron chi connectivity index (χ0n) is 17.1. The third-order valence-electron chi connectivity index (χ3n) is 5.33. The van der Waals surface area contributed by atoms with Crippen LogP contribution in [0.25, 0.3) is 0 Å². The summed E-state index contributed by atoms with van der Waals surface area (Å²) in [6.07, 6.45) is 0.642. The quantitative estimate of drug-likeness (QED) is 0.750. The van der Waals surface area contributed by atoms with E-state index in [4.69, 9.17) is 4.52 Å². The summed E-state index contributed by atoms with van der Waals surface area (Å²) >= 11 is 0. The summed E-state index contributed by atoms with van der Waals surface area (Å²) < 4.78 is 5.50. The molecular formula is C20H28N6O3. The molecule has 0 spiro atoms. The highest BCUT2D eigenvalue weighted by Crippen LogP contribution is 2.21. The van der Waals surface area contributed by atoms with Crippen LogP contribution < -0.4 is 10.6 Å². The van der Waals surface area contributed by atoms with Crippen LogP contribution in [0.1, 0.15) is 37.2 Å². The van der Waals surface area contributed by atoms with Crippen LogP contribution in [0.5, 0.6) is 0 Å². The molecular weight excluding hydrogens is 372 g/mol. The molecule has 9 nitrogen and oxygen atoms in total. The molecule has 0 saturated carbocycles. The van der Waals surface area contributed by atoms with Gasteiger partial charge in [-0.1, -0.05) is 35.5 Å². The lowest BCUT2D eigenvalue weighted by Gasteiger charge is -2.38. The molecule has 2 aromatic rings. The zero-order chi connectivity index (χ0) is 20.8. The van der Waals surface area contributed by atoms with Crippen LogP contribution >= 0.6 is 0 Å². The van der Waals surface area contributed by atoms with E-state index < -0.39 is 6.03 Å². The van der Waals surface area contributed by atoms with Crippen molar-refractivity contribution in [1.29, 1.82) is 0 Å². The molecule has 1 aromatic heterocycles. The maximum absolute atomic E-state index is 12.1. The van der Waals surface area contributed by atoms with Crippen molar-refractivity contribution < 1.29 is 14.1 Å². The smallest absolute Gasteiger partial charge is 0.321 e. The predicted molar refractivity (Wildman–Crippen MR) is 107 cm³/mol. The molecule has 29 heavy (non-hydrogen) atoms. The number of benzene rings is 1. The van der Waals surface area contributed by atoms with Crippen LogP contribution in [-0.4, -0.2) is 71.1 Å². The van der Waals surface area contributed by atoms with E-state index in [0.717, 1.165) is 31.7 Å². The van der Waals surface area contributed by atoms with Gasteiger partial charge in [0.2, 0.25) is 11.8 Å². The van der Waals surface area contributed by atoms with Gasteiger partial charge in [-0.2, -0.15) is 4.98 Å². The molecule has 2 heterocycles. The first-order valence-electron chi connectivity index (χ1n) is 9.85. The topological polar surface area (TPSA) is 104 Å². The van der Waals surface area contributed by atoms with E-state index >= 15 is 0 Å². The summed E-state index contributed by atoms with van der Waals surface area (Å²) in [6, 6.07) is 9.20. The molecule has 0 radical (unpaired) electrons. The lowest BCUT2D eigenvalue weighted by Crippen LogP contribution is -2.55. The fraction of sp³-hybridized carbons (Fsp3) is 0.500. The molecule has 0 bridgehead atoms. The SMILES string of the molecule is CNC(=O)NC(=O)[C@H](C)N1CCN([C@@H](C)c2nc(Cc3ccccc3)no2)CC1. The molecule has 156 valence electrons. The molecule has 1 fully saturated rings. The maximum Gasteiger partial charge on any atom is 0.321 e. The average molecular weight is 400 g/mol. The highest BCUT2D eigenvalue weighted by Gasteiger charge is 2.30. The minimum Gasteiger partial charge on any atom is -0.341 e. The molecule has 3 amide bonds. The van der Waals surface area contributed by atoms with Crippen LogP contribution in [0.2, 0.25) is 0 Å². The van der Waals surface area contributed by atoms with Crippen molar-refractivity contribution >= 4 is 11.9 Å². The van der Waals surface area contributed by atoms with Crippen molar-refractivity contribution in [2.45, 2.75) is 32.4 Å². The van der Waals surface area contributed by atoms with E-state index in [1.807, 2.05) is 37.3 Å². The standard InChI is InChI=1S/C20H28N6O3/c1-14(18(27)23-20(28)21-3)25-9-11-26(12-10-25)15(2)19-22-17(24-29-19)13-16-7-5-4-6-8-16/h4-8,14-15H,9-13H2,1-3H3,(H2,21,23,27,28)/t14-,15-/m0/s1. The normalized spacial score (nSPS) is 17.5. The first-order chi connectivity index (χ1) is 14.0. The Labute approximate surface area is 170 Å². The number of hydrogen-bond acceptors (Lipinski definition) is 7. The van der Waals surface area contributed by atoms with Gasteiger partial charge in [0.15, 0.2) is 5.82 Å². The fourth-order valence-corrected chi connectivity index (χ4v) is 3.40. The number of urea groups is 1. The number of nitrogens with one attached hydrogen (secondary N) is 2. The van der Waals surface area contributed by atoms with Crippen LogP contribution in [0.3, 0.4) is 0 Å². The minimum absolute atomic E-state index is 0.00387. The summed E-state index contributed by atoms with van der Waals surface area (Å²) in [5.41, 5.74) is 1.14. The number of carbonyl (C=O) groups is 2. The van der Waals surface area contributed by atoms with Gasteiger partial charge in [-0.05, 0) is 19.4 Å². The largest absolute Gasteiger partial charge is 0.341 e. The van der Waals surface area contributed by atoms with E-state index in [0.29, 0.717) is 18.1 Å². The zero-order valence-corrected chi connectivity index (χ0v) is 17.1. The Morgan fingerprint density at radius 3 is 2.41 bits per heavy atom. The van der Waals surface area contributed by atoms with Crippen molar-refractivity contribution in [1.82, 2.24) is 30.6 Å². The van der Waals surface area contributed by atoms with Gasteiger partial charge >= 0.3 is 6.03 Å². The monoisotopic (exact) mass is 400 g/mol. The van der Waals surface area contributed by atoms with Gasteiger partial charge < -0.3 is 9.84 Å². The molecule has 2 N–H and O–H groups in total. The van der Waals surface area contributed by atoms with E-state index in [9.17, 15) is 9.59 Å². The van der Waals surface area contributed by atoms with Crippen molar-refractivity contribution in [3.05, 3.63) is 47.6 Å². The van der Waals surface area contributed by atoms with Gasteiger partial charge in [-0.3, -0.25) is 19.9 Å². The Morgan fingerprint density at radius 1 is 1.10 bits per heavy atom. The number of imide groups is 1. The van der Waals surface area contributed by atoms with Crippen LogP contribution in [0, 0.1) is 0 Å². The Balaban J connectivity index is 1.52. The summed E-state index contributed by atoms with van der Waals surface area (Å²) in [5, 5.41) is 8.84. The Hall–Kier alpha value is -2.78. The third-order valence-corrected chi connectivity index (χ3v) is 5.33. The van der Waals surface area contributed by atoms with Gasteiger partial charge in [0.05, 0.1) is 12.1 Å². The molecule has 2 atom stereocenters. The fourth-order valence-electron chi connectivity index (χ4n) is 3.40. The second-order valence-corrected chi connectivity index (χ2v) is 7.20. The van der Waals surface area contributed by atoms with Gasteiger partial charge in [0.25, 0.3) is 0 Å². The van der Waals surface area contributed by atoms with Gasteiger partial charge in [-0.25, -0.2) is 4.79 Å². The van der Waals surface area contributed by atoms with Crippen molar-refractivity contribution in [3.63, 3.8) is 0 Å². The van der Waals surface area contributed by atoms with Crippen molar-refractivity contribution in [2.24, 2.45) is 0 Å². The average Bonchev–Trinajstić information content (AvgIpc) is 3.21. The van der Waals surface area contributed by atoms with Crippen LogP contribution in [0.4, 0.5) is 4.79 Å². The lowest BCUT2D eigenvalue weighted by molar-refractivity contribution is -0.125. The molecule has 9 heteroatoms.